The lowest BCUT2D eigenvalue weighted by Gasteiger charge is -2.07. The molecule has 0 saturated heterocycles. The molecule has 0 heterocycles. The average molecular weight is 225 g/mol. The number of hydrogen-bond donors (Lipinski definition) is 2. The van der Waals surface area contributed by atoms with Gasteiger partial charge < -0.3 is 5.73 Å². The van der Waals surface area contributed by atoms with Crippen LogP contribution in [-0.4, -0.2) is 14.2 Å². The summed E-state index contributed by atoms with van der Waals surface area (Å²) in [5, 5.41) is 8.28. The van der Waals surface area contributed by atoms with E-state index in [0.29, 0.717) is 11.4 Å². The highest BCUT2D eigenvalue weighted by atomic mass is 32.2. The standard InChI is InChI=1S/C9H11N3O2S/c1-7-2-3-8(6-9(7)11)12-15(13,14)5-4-10/h2-3,6,12H,5,11H2,1H3. The number of nitrogens with zero attached hydrogens (tertiary/aromatic N) is 1. The Bertz CT molecular complexity index is 503. The molecule has 0 aromatic heterocycles. The van der Waals surface area contributed by atoms with Crippen molar-refractivity contribution in [2.75, 3.05) is 16.2 Å². The van der Waals surface area contributed by atoms with Crippen molar-refractivity contribution < 1.29 is 8.42 Å². The van der Waals surface area contributed by atoms with Crippen LogP contribution < -0.4 is 10.5 Å². The Morgan fingerprint density at radius 2 is 2.20 bits per heavy atom. The van der Waals surface area contributed by atoms with Crippen LogP contribution in [0.4, 0.5) is 11.4 Å². The van der Waals surface area contributed by atoms with E-state index < -0.39 is 15.8 Å². The fraction of sp³-hybridized carbons (Fsp3) is 0.222. The number of hydrogen-bond acceptors (Lipinski definition) is 4. The molecule has 0 aliphatic heterocycles. The second-order valence-electron chi connectivity index (χ2n) is 3.09. The van der Waals surface area contributed by atoms with E-state index in [0.717, 1.165) is 5.56 Å². The molecule has 1 aromatic rings. The first-order valence-electron chi connectivity index (χ1n) is 4.18. The van der Waals surface area contributed by atoms with Gasteiger partial charge in [-0.25, -0.2) is 8.42 Å². The van der Waals surface area contributed by atoms with Gasteiger partial charge >= 0.3 is 0 Å². The summed E-state index contributed by atoms with van der Waals surface area (Å²) in [5.74, 6) is -0.569. The molecule has 0 unspecified atom stereocenters. The van der Waals surface area contributed by atoms with Gasteiger partial charge in [-0.3, -0.25) is 4.72 Å². The van der Waals surface area contributed by atoms with Gasteiger partial charge in [0.2, 0.25) is 10.0 Å². The predicted molar refractivity (Wildman–Crippen MR) is 58.6 cm³/mol. The van der Waals surface area contributed by atoms with Crippen molar-refractivity contribution in [2.45, 2.75) is 6.92 Å². The SMILES string of the molecule is Cc1ccc(NS(=O)(=O)CC#N)cc1N. The summed E-state index contributed by atoms with van der Waals surface area (Å²) in [5.41, 5.74) is 7.36. The molecular formula is C9H11N3O2S. The number of nitrogens with one attached hydrogen (secondary N) is 1. The van der Waals surface area contributed by atoms with E-state index in [-0.39, 0.29) is 0 Å². The lowest BCUT2D eigenvalue weighted by Crippen LogP contribution is -2.15. The van der Waals surface area contributed by atoms with Gasteiger partial charge in [0.1, 0.15) is 0 Å². The summed E-state index contributed by atoms with van der Waals surface area (Å²) in [6.07, 6.45) is 0. The molecule has 0 fully saturated rings. The minimum atomic E-state index is -3.58. The highest BCUT2D eigenvalue weighted by Crippen LogP contribution is 2.17. The number of benzene rings is 1. The van der Waals surface area contributed by atoms with Gasteiger partial charge in [0.15, 0.2) is 5.75 Å². The first-order chi connectivity index (χ1) is 6.94. The van der Waals surface area contributed by atoms with Crippen LogP contribution in [0, 0.1) is 18.3 Å². The fourth-order valence-corrected chi connectivity index (χ4v) is 1.73. The molecule has 5 nitrogen and oxygen atoms in total. The van der Waals surface area contributed by atoms with Crippen molar-refractivity contribution in [3.8, 4) is 6.07 Å². The maximum atomic E-state index is 11.2. The van der Waals surface area contributed by atoms with Crippen LogP contribution >= 0.6 is 0 Å². The van der Waals surface area contributed by atoms with E-state index >= 15 is 0 Å². The molecule has 0 atom stereocenters. The highest BCUT2D eigenvalue weighted by Gasteiger charge is 2.09. The molecule has 0 aliphatic rings. The van der Waals surface area contributed by atoms with Gasteiger partial charge in [0.05, 0.1) is 11.8 Å². The Balaban J connectivity index is 2.92. The first-order valence-corrected chi connectivity index (χ1v) is 5.83. The summed E-state index contributed by atoms with van der Waals surface area (Å²) >= 11 is 0. The van der Waals surface area contributed by atoms with Crippen LogP contribution in [0.5, 0.6) is 0 Å². The van der Waals surface area contributed by atoms with Crippen molar-refractivity contribution in [3.63, 3.8) is 0 Å². The zero-order valence-electron chi connectivity index (χ0n) is 8.19. The number of nitriles is 1. The van der Waals surface area contributed by atoms with Crippen LogP contribution in [0.1, 0.15) is 5.56 Å². The number of nitrogens with two attached hydrogens (primary N) is 1. The molecule has 0 amide bonds. The van der Waals surface area contributed by atoms with E-state index in [2.05, 4.69) is 4.72 Å². The van der Waals surface area contributed by atoms with Gasteiger partial charge in [0, 0.05) is 5.69 Å². The summed E-state index contributed by atoms with van der Waals surface area (Å²) in [6.45, 7) is 1.82. The monoisotopic (exact) mass is 225 g/mol. The van der Waals surface area contributed by atoms with Crippen LogP contribution in [0.3, 0.4) is 0 Å². The molecule has 0 bridgehead atoms. The quantitative estimate of drug-likeness (QED) is 0.745. The third kappa shape index (κ3) is 3.14. The minimum Gasteiger partial charge on any atom is -0.398 e. The van der Waals surface area contributed by atoms with Gasteiger partial charge in [-0.2, -0.15) is 5.26 Å². The lowest BCUT2D eigenvalue weighted by molar-refractivity contribution is 0.604. The molecular weight excluding hydrogens is 214 g/mol. The Kier molecular flexibility index (Phi) is 3.17. The van der Waals surface area contributed by atoms with E-state index in [9.17, 15) is 8.42 Å². The summed E-state index contributed by atoms with van der Waals surface area (Å²) in [4.78, 5) is 0. The molecule has 0 saturated carbocycles. The fourth-order valence-electron chi connectivity index (χ4n) is 1.00. The van der Waals surface area contributed by atoms with Gasteiger partial charge in [0.25, 0.3) is 0 Å². The zero-order chi connectivity index (χ0) is 11.5. The van der Waals surface area contributed by atoms with E-state index in [1.165, 1.54) is 6.07 Å². The molecule has 1 aromatic carbocycles. The van der Waals surface area contributed by atoms with Crippen molar-refractivity contribution in [1.82, 2.24) is 0 Å². The van der Waals surface area contributed by atoms with Gasteiger partial charge in [-0.1, -0.05) is 6.07 Å². The van der Waals surface area contributed by atoms with Crippen molar-refractivity contribution in [2.24, 2.45) is 0 Å². The number of rotatable bonds is 3. The molecule has 0 aliphatic carbocycles. The molecule has 0 radical (unpaired) electrons. The van der Waals surface area contributed by atoms with Crippen molar-refractivity contribution in [1.29, 1.82) is 5.26 Å². The zero-order valence-corrected chi connectivity index (χ0v) is 9.00. The molecule has 80 valence electrons. The number of sulfonamides is 1. The van der Waals surface area contributed by atoms with E-state index in [4.69, 9.17) is 11.0 Å². The highest BCUT2D eigenvalue weighted by molar-refractivity contribution is 7.92. The maximum absolute atomic E-state index is 11.2. The third-order valence-corrected chi connectivity index (χ3v) is 2.86. The second-order valence-corrected chi connectivity index (χ2v) is 4.81. The van der Waals surface area contributed by atoms with E-state index in [1.807, 2.05) is 6.92 Å². The number of anilines is 2. The van der Waals surface area contributed by atoms with Crippen LogP contribution in [-0.2, 0) is 10.0 Å². The molecule has 3 N–H and O–H groups in total. The van der Waals surface area contributed by atoms with Crippen LogP contribution in [0.2, 0.25) is 0 Å². The Morgan fingerprint density at radius 1 is 1.53 bits per heavy atom. The second kappa shape index (κ2) is 4.19. The number of aryl methyl sites for hydroxylation is 1. The molecule has 6 heteroatoms. The molecule has 1 rings (SSSR count). The van der Waals surface area contributed by atoms with Crippen molar-refractivity contribution >= 4 is 21.4 Å². The number of nitrogen functional groups attached to an aromatic ring is 1. The maximum Gasteiger partial charge on any atom is 0.246 e. The summed E-state index contributed by atoms with van der Waals surface area (Å²) in [7, 11) is -3.58. The lowest BCUT2D eigenvalue weighted by atomic mass is 10.2. The van der Waals surface area contributed by atoms with Crippen molar-refractivity contribution in [3.05, 3.63) is 23.8 Å². The molecule has 15 heavy (non-hydrogen) atoms. The third-order valence-electron chi connectivity index (χ3n) is 1.81. The average Bonchev–Trinajstić information content (AvgIpc) is 2.10. The Morgan fingerprint density at radius 3 is 2.73 bits per heavy atom. The van der Waals surface area contributed by atoms with E-state index in [1.54, 1.807) is 18.2 Å². The minimum absolute atomic E-state index is 0.369. The predicted octanol–water partition coefficient (Wildman–Crippen LogP) is 0.843. The molecule has 0 spiro atoms. The van der Waals surface area contributed by atoms with Gasteiger partial charge in [-0.05, 0) is 24.6 Å². The Hall–Kier alpha value is -1.74. The smallest absolute Gasteiger partial charge is 0.246 e. The summed E-state index contributed by atoms with van der Waals surface area (Å²) < 4.78 is 24.7. The summed E-state index contributed by atoms with van der Waals surface area (Å²) in [6, 6.07) is 6.40. The normalized spacial score (nSPS) is 10.7. The van der Waals surface area contributed by atoms with Gasteiger partial charge in [-0.15, -0.1) is 0 Å². The topological polar surface area (TPSA) is 96.0 Å². The Labute approximate surface area is 88.6 Å². The van der Waals surface area contributed by atoms with Crippen LogP contribution in [0.25, 0.3) is 0 Å². The first kappa shape index (κ1) is 11.3. The largest absolute Gasteiger partial charge is 0.398 e. The van der Waals surface area contributed by atoms with Crippen LogP contribution in [0.15, 0.2) is 18.2 Å².